The summed E-state index contributed by atoms with van der Waals surface area (Å²) in [5, 5.41) is 0. The highest BCUT2D eigenvalue weighted by Crippen LogP contribution is 2.31. The Morgan fingerprint density at radius 2 is 1.26 bits per heavy atom. The van der Waals surface area contributed by atoms with E-state index in [9.17, 15) is 19.2 Å². The van der Waals surface area contributed by atoms with Crippen LogP contribution >= 0.6 is 0 Å². The van der Waals surface area contributed by atoms with E-state index in [0.29, 0.717) is 28.1 Å². The van der Waals surface area contributed by atoms with E-state index in [1.54, 1.807) is 39.0 Å². The van der Waals surface area contributed by atoms with Gasteiger partial charge in [0.1, 0.15) is 0 Å². The molecule has 0 atom stereocenters. The van der Waals surface area contributed by atoms with Gasteiger partial charge >= 0.3 is 0 Å². The van der Waals surface area contributed by atoms with E-state index in [1.807, 2.05) is 0 Å². The number of amides is 4. The van der Waals surface area contributed by atoms with Gasteiger partial charge in [-0.1, -0.05) is 0 Å². The summed E-state index contributed by atoms with van der Waals surface area (Å²) in [5.74, 6) is -1.52. The summed E-state index contributed by atoms with van der Waals surface area (Å²) in [6.45, 7) is 4.88. The van der Waals surface area contributed by atoms with E-state index in [-0.39, 0.29) is 11.8 Å². The van der Waals surface area contributed by atoms with Crippen molar-refractivity contribution in [3.8, 4) is 0 Å². The Labute approximate surface area is 132 Å². The van der Waals surface area contributed by atoms with Crippen LogP contribution in [0.25, 0.3) is 0 Å². The van der Waals surface area contributed by atoms with Gasteiger partial charge in [0.2, 0.25) is 0 Å². The lowest BCUT2D eigenvalue weighted by Gasteiger charge is -2.20. The lowest BCUT2D eigenvalue weighted by Crippen LogP contribution is -2.32. The summed E-state index contributed by atoms with van der Waals surface area (Å²) in [5.41, 5.74) is 2.24. The van der Waals surface area contributed by atoms with Gasteiger partial charge in [0.15, 0.2) is 0 Å². The molecule has 2 aliphatic rings. The Hall–Kier alpha value is -3.02. The van der Waals surface area contributed by atoms with Crippen LogP contribution in [0, 0.1) is 6.92 Å². The SMILES string of the molecule is CC1=CC(=O)N(c2ccc(N3C(=O)C=C(C)C3=O)c(C)c2)C1=O. The number of carbonyl (C=O) groups excluding carboxylic acids is 4. The maximum atomic E-state index is 12.1. The second kappa shape index (κ2) is 5.01. The summed E-state index contributed by atoms with van der Waals surface area (Å²) in [4.78, 5) is 50.1. The van der Waals surface area contributed by atoms with Crippen molar-refractivity contribution in [1.29, 1.82) is 0 Å². The van der Waals surface area contributed by atoms with Crippen molar-refractivity contribution in [2.75, 3.05) is 9.80 Å². The predicted molar refractivity (Wildman–Crippen MR) is 83.7 cm³/mol. The summed E-state index contributed by atoms with van der Waals surface area (Å²) < 4.78 is 0. The largest absolute Gasteiger partial charge is 0.269 e. The van der Waals surface area contributed by atoms with Crippen molar-refractivity contribution in [2.24, 2.45) is 0 Å². The number of rotatable bonds is 2. The first-order chi connectivity index (χ1) is 10.8. The van der Waals surface area contributed by atoms with Gasteiger partial charge in [-0.05, 0) is 44.5 Å². The Kier molecular flexibility index (Phi) is 3.25. The van der Waals surface area contributed by atoms with Crippen LogP contribution in [0.4, 0.5) is 11.4 Å². The van der Waals surface area contributed by atoms with Crippen molar-refractivity contribution in [2.45, 2.75) is 20.8 Å². The molecule has 0 spiro atoms. The van der Waals surface area contributed by atoms with E-state index < -0.39 is 11.8 Å². The molecule has 2 heterocycles. The number of hydrogen-bond donors (Lipinski definition) is 0. The van der Waals surface area contributed by atoms with E-state index in [0.717, 1.165) is 9.80 Å². The minimum atomic E-state index is -0.398. The molecular weight excluding hydrogens is 296 g/mol. The quantitative estimate of drug-likeness (QED) is 0.778. The second-order valence-electron chi connectivity index (χ2n) is 5.58. The fourth-order valence-corrected chi connectivity index (χ4v) is 2.68. The molecule has 4 amide bonds. The van der Waals surface area contributed by atoms with Crippen LogP contribution in [0.5, 0.6) is 0 Å². The van der Waals surface area contributed by atoms with E-state index in [1.165, 1.54) is 12.2 Å². The van der Waals surface area contributed by atoms with Gasteiger partial charge < -0.3 is 0 Å². The van der Waals surface area contributed by atoms with Gasteiger partial charge in [-0.15, -0.1) is 0 Å². The molecule has 3 rings (SSSR count). The fraction of sp³-hybridized carbons (Fsp3) is 0.176. The molecule has 0 fully saturated rings. The molecule has 2 aliphatic heterocycles. The molecule has 0 radical (unpaired) electrons. The number of nitrogens with zero attached hydrogens (tertiary/aromatic N) is 2. The minimum absolute atomic E-state index is 0.364. The van der Waals surface area contributed by atoms with E-state index >= 15 is 0 Å². The van der Waals surface area contributed by atoms with E-state index in [4.69, 9.17) is 0 Å². The lowest BCUT2D eigenvalue weighted by molar-refractivity contribution is -0.122. The number of anilines is 2. The third kappa shape index (κ3) is 2.19. The molecule has 0 saturated heterocycles. The molecule has 0 aromatic heterocycles. The molecule has 0 saturated carbocycles. The summed E-state index contributed by atoms with van der Waals surface area (Å²) in [7, 11) is 0. The first-order valence-corrected chi connectivity index (χ1v) is 7.05. The van der Waals surface area contributed by atoms with Crippen molar-refractivity contribution >= 4 is 35.0 Å². The summed E-state index contributed by atoms with van der Waals surface area (Å²) in [6.07, 6.45) is 2.57. The minimum Gasteiger partial charge on any atom is -0.269 e. The Bertz CT molecular complexity index is 848. The number of imide groups is 2. The van der Waals surface area contributed by atoms with Gasteiger partial charge in [0.25, 0.3) is 23.6 Å². The molecule has 23 heavy (non-hydrogen) atoms. The average Bonchev–Trinajstić information content (AvgIpc) is 2.87. The maximum absolute atomic E-state index is 12.1. The Morgan fingerprint density at radius 3 is 1.70 bits per heavy atom. The normalized spacial score (nSPS) is 18.0. The van der Waals surface area contributed by atoms with Gasteiger partial charge in [0, 0.05) is 23.3 Å². The zero-order valence-corrected chi connectivity index (χ0v) is 12.9. The van der Waals surface area contributed by atoms with Crippen LogP contribution in [0.3, 0.4) is 0 Å². The van der Waals surface area contributed by atoms with Gasteiger partial charge in [-0.25, -0.2) is 9.80 Å². The highest BCUT2D eigenvalue weighted by Gasteiger charge is 2.33. The number of benzene rings is 1. The zero-order valence-electron chi connectivity index (χ0n) is 12.9. The van der Waals surface area contributed by atoms with Crippen molar-refractivity contribution in [3.05, 3.63) is 47.1 Å². The van der Waals surface area contributed by atoms with Crippen molar-refractivity contribution in [1.82, 2.24) is 0 Å². The lowest BCUT2D eigenvalue weighted by atomic mass is 10.1. The maximum Gasteiger partial charge on any atom is 0.261 e. The van der Waals surface area contributed by atoms with Gasteiger partial charge in [-0.3, -0.25) is 19.2 Å². The van der Waals surface area contributed by atoms with Gasteiger partial charge in [-0.2, -0.15) is 0 Å². The molecule has 116 valence electrons. The molecule has 6 nitrogen and oxygen atoms in total. The van der Waals surface area contributed by atoms with Crippen LogP contribution in [-0.4, -0.2) is 23.6 Å². The Morgan fingerprint density at radius 1 is 0.739 bits per heavy atom. The van der Waals surface area contributed by atoms with Crippen LogP contribution in [0.2, 0.25) is 0 Å². The van der Waals surface area contributed by atoms with Crippen LogP contribution in [0.15, 0.2) is 41.5 Å². The van der Waals surface area contributed by atoms with Crippen molar-refractivity contribution in [3.63, 3.8) is 0 Å². The molecule has 1 aromatic carbocycles. The molecule has 0 bridgehead atoms. The average molecular weight is 310 g/mol. The molecule has 0 N–H and O–H groups in total. The second-order valence-corrected chi connectivity index (χ2v) is 5.58. The highest BCUT2D eigenvalue weighted by atomic mass is 16.2. The zero-order chi connectivity index (χ0) is 16.9. The third-order valence-electron chi connectivity index (χ3n) is 3.88. The van der Waals surface area contributed by atoms with Crippen LogP contribution < -0.4 is 9.80 Å². The molecule has 1 aromatic rings. The van der Waals surface area contributed by atoms with E-state index in [2.05, 4.69) is 0 Å². The molecule has 0 aliphatic carbocycles. The van der Waals surface area contributed by atoms with Crippen LogP contribution in [-0.2, 0) is 19.2 Å². The topological polar surface area (TPSA) is 74.8 Å². The predicted octanol–water partition coefficient (Wildman–Crippen LogP) is 1.63. The summed E-state index contributed by atoms with van der Waals surface area (Å²) in [6, 6.07) is 4.74. The number of hydrogen-bond acceptors (Lipinski definition) is 4. The monoisotopic (exact) mass is 310 g/mol. The number of aryl methyl sites for hydroxylation is 1. The van der Waals surface area contributed by atoms with Crippen molar-refractivity contribution < 1.29 is 19.2 Å². The highest BCUT2D eigenvalue weighted by molar-refractivity contribution is 6.31. The molecular formula is C17H14N2O4. The standard InChI is InChI=1S/C17H14N2O4/c1-9-6-12(18-14(20)7-10(2)16(18)22)4-5-13(9)19-15(21)8-11(3)17(19)23/h4-8H,1-3H3. The molecule has 6 heteroatoms. The fourth-order valence-electron chi connectivity index (χ4n) is 2.68. The van der Waals surface area contributed by atoms with Crippen LogP contribution in [0.1, 0.15) is 19.4 Å². The first-order valence-electron chi connectivity index (χ1n) is 7.05. The number of carbonyl (C=O) groups is 4. The Balaban J connectivity index is 1.97. The molecule has 0 unspecified atom stereocenters. The van der Waals surface area contributed by atoms with Gasteiger partial charge in [0.05, 0.1) is 11.4 Å². The first kappa shape index (κ1) is 14.9. The third-order valence-corrected chi connectivity index (χ3v) is 3.88. The summed E-state index contributed by atoms with van der Waals surface area (Å²) >= 11 is 0. The smallest absolute Gasteiger partial charge is 0.261 e.